The van der Waals surface area contributed by atoms with Crippen LogP contribution in [0.15, 0.2) is 39.3 Å². The normalized spacial score (nSPS) is 13.6. The summed E-state index contributed by atoms with van der Waals surface area (Å²) in [4.78, 5) is 20.5. The lowest BCUT2D eigenvalue weighted by Crippen LogP contribution is -2.28. The molecular weight excluding hydrogens is 434 g/mol. The molecule has 0 saturated heterocycles. The standard InChI is InChI=1S/C17H22BrN5O3S/c1-10(11(2)24)20-15-14(18)9-19-17(22-15)21-13-7-5-12(6-8-13)16(25)23-27(3,4)26/h5-11,24H,1-4H3,(H2,19,20,21,22)/t10-,11-/m1/s1. The van der Waals surface area contributed by atoms with Crippen LogP contribution in [0.2, 0.25) is 0 Å². The van der Waals surface area contributed by atoms with E-state index in [1.807, 2.05) is 6.92 Å². The average molecular weight is 456 g/mol. The Bertz CT molecular complexity index is 932. The summed E-state index contributed by atoms with van der Waals surface area (Å²) in [6, 6.07) is 6.37. The smallest absolute Gasteiger partial charge is 0.285 e. The fraction of sp³-hybridized carbons (Fsp3) is 0.353. The molecule has 2 rings (SSSR count). The van der Waals surface area contributed by atoms with Crippen molar-refractivity contribution in [2.24, 2.45) is 4.36 Å². The molecule has 0 unspecified atom stereocenters. The zero-order valence-electron chi connectivity index (χ0n) is 15.4. The van der Waals surface area contributed by atoms with E-state index in [0.29, 0.717) is 27.5 Å². The summed E-state index contributed by atoms with van der Waals surface area (Å²) in [6.45, 7) is 3.54. The predicted molar refractivity (Wildman–Crippen MR) is 111 cm³/mol. The molecule has 0 aliphatic carbocycles. The second-order valence-electron chi connectivity index (χ2n) is 6.34. The Morgan fingerprint density at radius 2 is 1.89 bits per heavy atom. The Balaban J connectivity index is 2.15. The van der Waals surface area contributed by atoms with Crippen molar-refractivity contribution in [1.29, 1.82) is 0 Å². The van der Waals surface area contributed by atoms with E-state index in [0.717, 1.165) is 0 Å². The van der Waals surface area contributed by atoms with Crippen LogP contribution < -0.4 is 10.6 Å². The number of rotatable bonds is 6. The maximum Gasteiger partial charge on any atom is 0.285 e. The summed E-state index contributed by atoms with van der Waals surface area (Å²) >= 11 is 3.37. The molecular formula is C17H22BrN5O3S. The van der Waals surface area contributed by atoms with Crippen LogP contribution in [0.3, 0.4) is 0 Å². The van der Waals surface area contributed by atoms with E-state index in [-0.39, 0.29) is 6.04 Å². The van der Waals surface area contributed by atoms with Gasteiger partial charge in [-0.2, -0.15) is 9.35 Å². The highest BCUT2D eigenvalue weighted by molar-refractivity contribution is 9.10. The van der Waals surface area contributed by atoms with E-state index in [9.17, 15) is 14.1 Å². The van der Waals surface area contributed by atoms with Crippen LogP contribution in [-0.4, -0.2) is 49.8 Å². The molecule has 10 heteroatoms. The number of aliphatic hydroxyl groups excluding tert-OH is 1. The molecule has 1 aromatic carbocycles. The summed E-state index contributed by atoms with van der Waals surface area (Å²) < 4.78 is 16.0. The number of nitrogens with one attached hydrogen (secondary N) is 2. The quantitative estimate of drug-likeness (QED) is 0.612. The number of hydrogen-bond donors (Lipinski definition) is 3. The third-order valence-electron chi connectivity index (χ3n) is 3.52. The van der Waals surface area contributed by atoms with E-state index < -0.39 is 21.7 Å². The highest BCUT2D eigenvalue weighted by Crippen LogP contribution is 2.23. The first-order chi connectivity index (χ1) is 12.5. The van der Waals surface area contributed by atoms with Crippen molar-refractivity contribution in [3.05, 3.63) is 40.5 Å². The van der Waals surface area contributed by atoms with E-state index in [2.05, 4.69) is 40.9 Å². The zero-order chi connectivity index (χ0) is 20.2. The van der Waals surface area contributed by atoms with Gasteiger partial charge in [0.25, 0.3) is 5.91 Å². The third kappa shape index (κ3) is 6.56. The van der Waals surface area contributed by atoms with Gasteiger partial charge < -0.3 is 15.7 Å². The van der Waals surface area contributed by atoms with Crippen molar-refractivity contribution in [2.45, 2.75) is 26.0 Å². The molecule has 0 radical (unpaired) electrons. The Kier molecular flexibility index (Phi) is 6.90. The van der Waals surface area contributed by atoms with Crippen LogP contribution in [-0.2, 0) is 9.73 Å². The van der Waals surface area contributed by atoms with E-state index in [1.165, 1.54) is 12.5 Å². The highest BCUT2D eigenvalue weighted by Gasteiger charge is 2.13. The number of anilines is 3. The summed E-state index contributed by atoms with van der Waals surface area (Å²) in [5.74, 6) is 0.384. The Morgan fingerprint density at radius 3 is 2.44 bits per heavy atom. The second-order valence-corrected chi connectivity index (χ2v) is 9.74. The molecule has 0 aliphatic rings. The number of carbonyl (C=O) groups excluding carboxylic acids is 1. The van der Waals surface area contributed by atoms with Crippen LogP contribution in [0.1, 0.15) is 24.2 Å². The molecule has 0 bridgehead atoms. The average Bonchev–Trinajstić information content (AvgIpc) is 2.56. The molecule has 1 heterocycles. The summed E-state index contributed by atoms with van der Waals surface area (Å²) in [6.07, 6.45) is 3.88. The van der Waals surface area contributed by atoms with Crippen molar-refractivity contribution in [1.82, 2.24) is 9.97 Å². The molecule has 2 aromatic rings. The molecule has 146 valence electrons. The molecule has 0 spiro atoms. The number of hydrogen-bond acceptors (Lipinski definition) is 7. The van der Waals surface area contributed by atoms with Crippen LogP contribution in [0, 0.1) is 0 Å². The van der Waals surface area contributed by atoms with Crippen molar-refractivity contribution < 1.29 is 14.1 Å². The number of benzene rings is 1. The number of carbonyl (C=O) groups is 1. The lowest BCUT2D eigenvalue weighted by Gasteiger charge is -2.18. The van der Waals surface area contributed by atoms with E-state index in [1.54, 1.807) is 37.4 Å². The largest absolute Gasteiger partial charge is 0.391 e. The maximum absolute atomic E-state index is 11.9. The molecule has 8 nitrogen and oxygen atoms in total. The Hall–Kier alpha value is -2.04. The van der Waals surface area contributed by atoms with Gasteiger partial charge in [0.05, 0.1) is 16.6 Å². The van der Waals surface area contributed by atoms with Gasteiger partial charge in [0.1, 0.15) is 5.82 Å². The monoisotopic (exact) mass is 455 g/mol. The Morgan fingerprint density at radius 1 is 1.26 bits per heavy atom. The topological polar surface area (TPSA) is 117 Å². The number of amides is 1. The van der Waals surface area contributed by atoms with Gasteiger partial charge in [0, 0.05) is 39.7 Å². The van der Waals surface area contributed by atoms with Gasteiger partial charge in [0.2, 0.25) is 5.95 Å². The number of aliphatic hydroxyl groups is 1. The van der Waals surface area contributed by atoms with Gasteiger partial charge in [0.15, 0.2) is 0 Å². The van der Waals surface area contributed by atoms with Gasteiger partial charge in [-0.05, 0) is 54.0 Å². The highest BCUT2D eigenvalue weighted by atomic mass is 79.9. The van der Waals surface area contributed by atoms with Crippen molar-refractivity contribution in [3.8, 4) is 0 Å². The minimum absolute atomic E-state index is 0.189. The fourth-order valence-electron chi connectivity index (χ4n) is 1.94. The summed E-state index contributed by atoms with van der Waals surface area (Å²) in [5, 5.41) is 15.8. The number of nitrogens with zero attached hydrogens (tertiary/aromatic N) is 3. The maximum atomic E-state index is 11.9. The van der Waals surface area contributed by atoms with E-state index in [4.69, 9.17) is 0 Å². The lowest BCUT2D eigenvalue weighted by atomic mass is 10.2. The minimum Gasteiger partial charge on any atom is -0.391 e. The fourth-order valence-corrected chi connectivity index (χ4v) is 2.75. The van der Waals surface area contributed by atoms with Crippen molar-refractivity contribution >= 4 is 49.0 Å². The van der Waals surface area contributed by atoms with Gasteiger partial charge in [-0.25, -0.2) is 9.19 Å². The van der Waals surface area contributed by atoms with Crippen LogP contribution in [0.4, 0.5) is 17.5 Å². The van der Waals surface area contributed by atoms with Gasteiger partial charge in [-0.15, -0.1) is 0 Å². The van der Waals surface area contributed by atoms with Gasteiger partial charge in [-0.1, -0.05) is 0 Å². The lowest BCUT2D eigenvalue weighted by molar-refractivity contribution is 0.100. The van der Waals surface area contributed by atoms with Gasteiger partial charge in [-0.3, -0.25) is 4.79 Å². The Labute approximate surface area is 167 Å². The summed E-state index contributed by atoms with van der Waals surface area (Å²) in [7, 11) is -2.49. The van der Waals surface area contributed by atoms with Crippen molar-refractivity contribution in [3.63, 3.8) is 0 Å². The van der Waals surface area contributed by atoms with E-state index >= 15 is 0 Å². The predicted octanol–water partition coefficient (Wildman–Crippen LogP) is 3.03. The molecule has 1 aromatic heterocycles. The molecule has 1 amide bonds. The first-order valence-electron chi connectivity index (χ1n) is 8.11. The SMILES string of the molecule is C[C@@H](O)[C@@H](C)Nc1nc(Nc2ccc(C(=O)N=S(C)(C)=O)cc2)ncc1Br. The molecule has 27 heavy (non-hydrogen) atoms. The first-order valence-corrected chi connectivity index (χ1v) is 11.2. The van der Waals surface area contributed by atoms with Gasteiger partial charge >= 0.3 is 0 Å². The van der Waals surface area contributed by atoms with Crippen LogP contribution in [0.5, 0.6) is 0 Å². The van der Waals surface area contributed by atoms with Crippen LogP contribution in [0.25, 0.3) is 0 Å². The third-order valence-corrected chi connectivity index (χ3v) is 4.71. The second kappa shape index (κ2) is 8.77. The zero-order valence-corrected chi connectivity index (χ0v) is 17.8. The molecule has 3 N–H and O–H groups in total. The van der Waals surface area contributed by atoms with Crippen molar-refractivity contribution in [2.75, 3.05) is 23.1 Å². The summed E-state index contributed by atoms with van der Waals surface area (Å²) in [5.41, 5.74) is 1.03. The molecule has 0 aliphatic heterocycles. The molecule has 0 fully saturated rings. The molecule has 0 saturated carbocycles. The first kappa shape index (κ1) is 21.3. The number of aromatic nitrogens is 2. The number of halogens is 1. The minimum atomic E-state index is -2.49. The molecule has 2 atom stereocenters. The van der Waals surface area contributed by atoms with Crippen LogP contribution >= 0.6 is 15.9 Å².